The first kappa shape index (κ1) is 13.5. The van der Waals surface area contributed by atoms with Crippen LogP contribution in [0.4, 0.5) is 4.39 Å². The first-order valence-corrected chi connectivity index (χ1v) is 6.83. The van der Waals surface area contributed by atoms with Crippen molar-refractivity contribution >= 4 is 22.9 Å². The quantitative estimate of drug-likeness (QED) is 0.934. The Balaban J connectivity index is 2.02. The Labute approximate surface area is 114 Å². The third-order valence-corrected chi connectivity index (χ3v) is 3.63. The van der Waals surface area contributed by atoms with E-state index < -0.39 is 6.10 Å². The summed E-state index contributed by atoms with van der Waals surface area (Å²) in [6, 6.07) is 4.36. The van der Waals surface area contributed by atoms with Gasteiger partial charge >= 0.3 is 0 Å². The third-order valence-electron chi connectivity index (χ3n) is 2.57. The van der Waals surface area contributed by atoms with Crippen molar-refractivity contribution in [3.05, 3.63) is 50.7 Å². The fourth-order valence-corrected chi connectivity index (χ4v) is 2.59. The van der Waals surface area contributed by atoms with Gasteiger partial charge in [-0.25, -0.2) is 9.37 Å². The molecule has 1 atom stereocenters. The highest BCUT2D eigenvalue weighted by Gasteiger charge is 2.12. The summed E-state index contributed by atoms with van der Waals surface area (Å²) in [5, 5.41) is 13.3. The van der Waals surface area contributed by atoms with Gasteiger partial charge in [-0.1, -0.05) is 11.6 Å². The predicted molar refractivity (Wildman–Crippen MR) is 71.7 cm³/mol. The number of aromatic nitrogens is 1. The molecule has 0 aliphatic heterocycles. The van der Waals surface area contributed by atoms with Crippen LogP contribution in [0.15, 0.2) is 23.6 Å². The molecule has 0 fully saturated rings. The molecule has 0 amide bonds. The maximum Gasteiger partial charge on any atom is 0.126 e. The lowest BCUT2D eigenvalue weighted by molar-refractivity contribution is 0.173. The van der Waals surface area contributed by atoms with E-state index in [1.165, 1.54) is 12.1 Å². The van der Waals surface area contributed by atoms with Gasteiger partial charge in [0.2, 0.25) is 0 Å². The van der Waals surface area contributed by atoms with Crippen molar-refractivity contribution in [2.45, 2.75) is 25.9 Å². The molecule has 0 bridgehead atoms. The van der Waals surface area contributed by atoms with Crippen molar-refractivity contribution in [1.29, 1.82) is 0 Å². The normalized spacial score (nSPS) is 12.7. The average molecular weight is 286 g/mol. The van der Waals surface area contributed by atoms with Gasteiger partial charge in [0.25, 0.3) is 0 Å². The summed E-state index contributed by atoms with van der Waals surface area (Å²) in [6.07, 6.45) is 0.0127. The molecule has 5 heteroatoms. The van der Waals surface area contributed by atoms with E-state index in [-0.39, 0.29) is 12.2 Å². The van der Waals surface area contributed by atoms with E-state index in [0.717, 1.165) is 10.7 Å². The molecule has 1 unspecified atom stereocenters. The molecule has 2 nitrogen and oxygen atoms in total. The molecule has 2 rings (SSSR count). The predicted octanol–water partition coefficient (Wildman–Crippen LogP) is 3.39. The lowest BCUT2D eigenvalue weighted by atomic mass is 10.0. The summed E-state index contributed by atoms with van der Waals surface area (Å²) < 4.78 is 13.5. The largest absolute Gasteiger partial charge is 0.392 e. The maximum atomic E-state index is 13.5. The second kappa shape index (κ2) is 5.78. The molecule has 0 spiro atoms. The van der Waals surface area contributed by atoms with E-state index in [0.29, 0.717) is 17.0 Å². The van der Waals surface area contributed by atoms with Crippen LogP contribution in [0.1, 0.15) is 16.3 Å². The zero-order valence-electron chi connectivity index (χ0n) is 9.86. The van der Waals surface area contributed by atoms with Crippen molar-refractivity contribution in [2.75, 3.05) is 0 Å². The number of rotatable bonds is 4. The van der Waals surface area contributed by atoms with Gasteiger partial charge in [0.05, 0.1) is 16.8 Å². The average Bonchev–Trinajstić information content (AvgIpc) is 2.69. The van der Waals surface area contributed by atoms with Crippen LogP contribution in [0.5, 0.6) is 0 Å². The van der Waals surface area contributed by atoms with Crippen LogP contribution in [-0.2, 0) is 12.8 Å². The lowest BCUT2D eigenvalue weighted by Crippen LogP contribution is -2.15. The number of benzene rings is 1. The first-order chi connectivity index (χ1) is 8.54. The molecule has 0 aliphatic carbocycles. The molecule has 0 saturated carbocycles. The number of halogens is 2. The number of aliphatic hydroxyl groups excluding tert-OH is 1. The Morgan fingerprint density at radius 1 is 1.44 bits per heavy atom. The van der Waals surface area contributed by atoms with Crippen molar-refractivity contribution < 1.29 is 9.50 Å². The smallest absolute Gasteiger partial charge is 0.126 e. The van der Waals surface area contributed by atoms with E-state index in [1.807, 2.05) is 12.3 Å². The van der Waals surface area contributed by atoms with Crippen LogP contribution >= 0.6 is 22.9 Å². The maximum absolute atomic E-state index is 13.5. The molecule has 1 aromatic carbocycles. The van der Waals surface area contributed by atoms with Gasteiger partial charge in [-0.15, -0.1) is 11.3 Å². The molecular formula is C13H13ClFNOS. The van der Waals surface area contributed by atoms with Crippen molar-refractivity contribution in [2.24, 2.45) is 0 Å². The van der Waals surface area contributed by atoms with Gasteiger partial charge in [0.1, 0.15) is 5.82 Å². The number of hydrogen-bond donors (Lipinski definition) is 1. The zero-order chi connectivity index (χ0) is 13.1. The lowest BCUT2D eigenvalue weighted by Gasteiger charge is -2.10. The molecule has 0 radical (unpaired) electrons. The summed E-state index contributed by atoms with van der Waals surface area (Å²) >= 11 is 7.35. The highest BCUT2D eigenvalue weighted by atomic mass is 35.5. The molecule has 1 aromatic heterocycles. The van der Waals surface area contributed by atoms with Crippen molar-refractivity contribution in [3.8, 4) is 0 Å². The van der Waals surface area contributed by atoms with Crippen LogP contribution in [0, 0.1) is 12.7 Å². The summed E-state index contributed by atoms with van der Waals surface area (Å²) in [7, 11) is 0. The van der Waals surface area contributed by atoms with Crippen molar-refractivity contribution in [1.82, 2.24) is 4.98 Å². The number of nitrogens with zero attached hydrogens (tertiary/aromatic N) is 1. The Hall–Kier alpha value is -0.970. The Morgan fingerprint density at radius 3 is 2.89 bits per heavy atom. The van der Waals surface area contributed by atoms with Gasteiger partial charge in [-0.2, -0.15) is 0 Å². The fourth-order valence-electron chi connectivity index (χ4n) is 1.77. The number of thiazole rings is 1. The van der Waals surface area contributed by atoms with Crippen LogP contribution in [-0.4, -0.2) is 16.2 Å². The molecule has 0 saturated heterocycles. The zero-order valence-corrected chi connectivity index (χ0v) is 11.4. The molecule has 2 aromatic rings. The van der Waals surface area contributed by atoms with Crippen molar-refractivity contribution in [3.63, 3.8) is 0 Å². The first-order valence-electron chi connectivity index (χ1n) is 5.57. The SMILES string of the molecule is Cc1nc(CC(O)Cc2cc(Cl)ccc2F)cs1. The third kappa shape index (κ3) is 3.51. The molecule has 18 heavy (non-hydrogen) atoms. The van der Waals surface area contributed by atoms with Crippen LogP contribution < -0.4 is 0 Å². The monoisotopic (exact) mass is 285 g/mol. The summed E-state index contributed by atoms with van der Waals surface area (Å²) in [4.78, 5) is 4.27. The highest BCUT2D eigenvalue weighted by molar-refractivity contribution is 7.09. The molecule has 1 N–H and O–H groups in total. The van der Waals surface area contributed by atoms with Crippen LogP contribution in [0.3, 0.4) is 0 Å². The van der Waals surface area contributed by atoms with E-state index in [4.69, 9.17) is 11.6 Å². The van der Waals surface area contributed by atoms with Crippen LogP contribution in [0.25, 0.3) is 0 Å². The van der Waals surface area contributed by atoms with Gasteiger partial charge in [-0.3, -0.25) is 0 Å². The Bertz CT molecular complexity index is 544. The number of aliphatic hydroxyl groups is 1. The van der Waals surface area contributed by atoms with Crippen LogP contribution in [0.2, 0.25) is 5.02 Å². The van der Waals surface area contributed by atoms with Gasteiger partial charge in [-0.05, 0) is 30.7 Å². The van der Waals surface area contributed by atoms with Gasteiger partial charge in [0.15, 0.2) is 0 Å². The summed E-state index contributed by atoms with van der Waals surface area (Å²) in [5.41, 5.74) is 1.27. The van der Waals surface area contributed by atoms with E-state index in [1.54, 1.807) is 17.4 Å². The number of hydrogen-bond acceptors (Lipinski definition) is 3. The minimum absolute atomic E-state index is 0.239. The summed E-state index contributed by atoms with van der Waals surface area (Å²) in [5.74, 6) is -0.340. The molecule has 1 heterocycles. The van der Waals surface area contributed by atoms with E-state index in [9.17, 15) is 9.50 Å². The second-order valence-corrected chi connectivity index (χ2v) is 5.65. The molecule has 96 valence electrons. The Kier molecular flexibility index (Phi) is 4.32. The van der Waals surface area contributed by atoms with Gasteiger partial charge < -0.3 is 5.11 Å². The van der Waals surface area contributed by atoms with E-state index in [2.05, 4.69) is 4.98 Å². The minimum Gasteiger partial charge on any atom is -0.392 e. The standard InChI is InChI=1S/C13H13ClFNOS/c1-8-16-11(7-18-8)6-12(17)5-9-4-10(14)2-3-13(9)15/h2-4,7,12,17H,5-6H2,1H3. The minimum atomic E-state index is -0.653. The van der Waals surface area contributed by atoms with E-state index >= 15 is 0 Å². The number of aryl methyl sites for hydroxylation is 1. The molecular weight excluding hydrogens is 273 g/mol. The van der Waals surface area contributed by atoms with Gasteiger partial charge in [0, 0.05) is 23.2 Å². The molecule has 0 aliphatic rings. The second-order valence-electron chi connectivity index (χ2n) is 4.16. The topological polar surface area (TPSA) is 33.1 Å². The summed E-state index contributed by atoms with van der Waals surface area (Å²) in [6.45, 7) is 1.91. The Morgan fingerprint density at radius 2 is 2.22 bits per heavy atom. The fraction of sp³-hybridized carbons (Fsp3) is 0.308. The highest BCUT2D eigenvalue weighted by Crippen LogP contribution is 2.18.